The molecular formula is C21H26ClN5O5S2. The number of sulfonamides is 1. The third-order valence-electron chi connectivity index (χ3n) is 7.39. The summed E-state index contributed by atoms with van der Waals surface area (Å²) in [6, 6.07) is 3.20. The maximum Gasteiger partial charge on any atom is 0.322 e. The van der Waals surface area contributed by atoms with Gasteiger partial charge in [0.05, 0.1) is 29.5 Å². The first-order chi connectivity index (χ1) is 16.0. The van der Waals surface area contributed by atoms with Crippen molar-refractivity contribution in [2.75, 3.05) is 46.3 Å². The first-order valence-corrected chi connectivity index (χ1v) is 13.7. The second-order valence-corrected chi connectivity index (χ2v) is 13.0. The molecule has 184 valence electrons. The summed E-state index contributed by atoms with van der Waals surface area (Å²) < 4.78 is 28.1. The molecule has 5 heterocycles. The molecule has 1 atom stereocenters. The highest BCUT2D eigenvalue weighted by atomic mass is 35.5. The predicted molar refractivity (Wildman–Crippen MR) is 127 cm³/mol. The maximum atomic E-state index is 13.3. The summed E-state index contributed by atoms with van der Waals surface area (Å²) in [6.07, 6.45) is 2.56. The van der Waals surface area contributed by atoms with Crippen LogP contribution in [0.4, 0.5) is 4.79 Å². The predicted octanol–water partition coefficient (Wildman–Crippen LogP) is 1.30. The van der Waals surface area contributed by atoms with Gasteiger partial charge in [0.15, 0.2) is 5.66 Å². The van der Waals surface area contributed by atoms with Gasteiger partial charge in [-0.2, -0.15) is 4.31 Å². The minimum atomic E-state index is -3.93. The topological polar surface area (TPSA) is 102 Å². The molecule has 2 spiro atoms. The molecule has 4 saturated heterocycles. The number of urea groups is 1. The smallest absolute Gasteiger partial charge is 0.322 e. The van der Waals surface area contributed by atoms with Crippen LogP contribution < -0.4 is 0 Å². The van der Waals surface area contributed by atoms with Crippen molar-refractivity contribution in [3.8, 4) is 0 Å². The van der Waals surface area contributed by atoms with Crippen LogP contribution in [0.1, 0.15) is 24.6 Å². The number of thiophene rings is 1. The van der Waals surface area contributed by atoms with E-state index < -0.39 is 21.2 Å². The molecule has 0 aliphatic carbocycles. The van der Waals surface area contributed by atoms with Crippen LogP contribution in [-0.4, -0.2) is 108 Å². The Morgan fingerprint density at radius 2 is 1.85 bits per heavy atom. The van der Waals surface area contributed by atoms with Gasteiger partial charge < -0.3 is 14.7 Å². The maximum absolute atomic E-state index is 13.3. The van der Waals surface area contributed by atoms with E-state index >= 15 is 0 Å². The highest BCUT2D eigenvalue weighted by Crippen LogP contribution is 2.49. The van der Waals surface area contributed by atoms with Gasteiger partial charge in [-0.05, 0) is 31.1 Å². The number of carbonyl (C=O) groups excluding carboxylic acids is 3. The Balaban J connectivity index is 1.47. The third kappa shape index (κ3) is 3.53. The number of likely N-dealkylation sites (N-methyl/N-ethyl adjacent to an activating group) is 1. The van der Waals surface area contributed by atoms with Gasteiger partial charge >= 0.3 is 6.03 Å². The molecule has 4 aliphatic rings. The van der Waals surface area contributed by atoms with Crippen LogP contribution in [0, 0.1) is 0 Å². The van der Waals surface area contributed by atoms with E-state index in [1.54, 1.807) is 38.8 Å². The Bertz CT molecular complexity index is 1190. The van der Waals surface area contributed by atoms with Gasteiger partial charge in [0.25, 0.3) is 0 Å². The Hall–Kier alpha value is -2.15. The van der Waals surface area contributed by atoms with Crippen molar-refractivity contribution in [3.63, 3.8) is 0 Å². The molecule has 5 rings (SSSR count). The normalized spacial score (nSPS) is 27.3. The van der Waals surface area contributed by atoms with E-state index in [0.717, 1.165) is 5.41 Å². The molecular weight excluding hydrogens is 502 g/mol. The quantitative estimate of drug-likeness (QED) is 0.590. The number of rotatable bonds is 3. The molecule has 0 N–H and O–H groups in total. The van der Waals surface area contributed by atoms with E-state index in [9.17, 15) is 22.8 Å². The van der Waals surface area contributed by atoms with E-state index in [1.165, 1.54) is 28.6 Å². The lowest BCUT2D eigenvalue weighted by atomic mass is 9.86. The van der Waals surface area contributed by atoms with Crippen LogP contribution in [0.25, 0.3) is 6.08 Å². The van der Waals surface area contributed by atoms with Crippen molar-refractivity contribution in [1.29, 1.82) is 0 Å². The monoisotopic (exact) mass is 527 g/mol. The Labute approximate surface area is 207 Å². The zero-order valence-electron chi connectivity index (χ0n) is 18.9. The molecule has 0 bridgehead atoms. The minimum absolute atomic E-state index is 0.00482. The molecule has 1 aromatic rings. The first kappa shape index (κ1) is 23.6. The number of fused-ring (bicyclic) bond motifs is 1. The Morgan fingerprint density at radius 3 is 2.47 bits per heavy atom. The summed E-state index contributed by atoms with van der Waals surface area (Å²) in [5.41, 5.74) is -1.68. The van der Waals surface area contributed by atoms with Crippen molar-refractivity contribution in [3.05, 3.63) is 26.8 Å². The Kier molecular flexibility index (Phi) is 5.51. The second-order valence-electron chi connectivity index (χ2n) is 9.42. The fourth-order valence-electron chi connectivity index (χ4n) is 5.79. The standard InChI is InChI=1S/C21H26ClN5O5S2/c1-15(28)24-8-6-20(7-9-24)12-26-18(29)11-25(14-21(26)13-23(2)19(30)27(20)21)34(31,32)10-5-16-3-4-17(22)33-16/h3-5,10H,6-9,11-14H2,1-2H3. The largest absolute Gasteiger partial charge is 0.343 e. The van der Waals surface area contributed by atoms with Gasteiger partial charge in [-0.25, -0.2) is 13.2 Å². The number of hydrogen-bond acceptors (Lipinski definition) is 6. The van der Waals surface area contributed by atoms with Gasteiger partial charge in [0, 0.05) is 43.9 Å². The number of piperazine rings is 1. The lowest BCUT2D eigenvalue weighted by Crippen LogP contribution is -2.68. The summed E-state index contributed by atoms with van der Waals surface area (Å²) in [6.45, 7) is 2.83. The third-order valence-corrected chi connectivity index (χ3v) is 10.0. The van der Waals surface area contributed by atoms with Gasteiger partial charge in [-0.3, -0.25) is 14.5 Å². The van der Waals surface area contributed by atoms with Crippen LogP contribution in [-0.2, 0) is 19.6 Å². The average Bonchev–Trinajstić information content (AvgIpc) is 3.39. The molecule has 1 unspecified atom stereocenters. The van der Waals surface area contributed by atoms with Crippen LogP contribution in [0.5, 0.6) is 0 Å². The number of piperidine rings is 1. The SMILES string of the molecule is CC(=O)N1CCC2(CC1)CN1C(=O)CN(S(=O)(=O)C=Cc3ccc(Cl)s3)CC13CN(C)C(=O)N23. The Morgan fingerprint density at radius 1 is 1.15 bits per heavy atom. The fourth-order valence-corrected chi connectivity index (χ4v) is 8.00. The summed E-state index contributed by atoms with van der Waals surface area (Å²) in [7, 11) is -2.25. The number of carbonyl (C=O) groups is 3. The van der Waals surface area contributed by atoms with Crippen molar-refractivity contribution < 1.29 is 22.8 Å². The lowest BCUT2D eigenvalue weighted by molar-refractivity contribution is -0.143. The highest BCUT2D eigenvalue weighted by Gasteiger charge is 2.69. The lowest BCUT2D eigenvalue weighted by Gasteiger charge is -2.47. The number of halogens is 1. The molecule has 0 radical (unpaired) electrons. The van der Waals surface area contributed by atoms with Gasteiger partial charge in [0.2, 0.25) is 21.8 Å². The van der Waals surface area contributed by atoms with E-state index in [2.05, 4.69) is 0 Å². The highest BCUT2D eigenvalue weighted by molar-refractivity contribution is 7.92. The number of likely N-dealkylation sites (tertiary alicyclic amines) is 1. The molecule has 4 aliphatic heterocycles. The average molecular weight is 528 g/mol. The van der Waals surface area contributed by atoms with Gasteiger partial charge in [-0.1, -0.05) is 11.6 Å². The van der Waals surface area contributed by atoms with E-state index in [-0.39, 0.29) is 37.5 Å². The van der Waals surface area contributed by atoms with E-state index in [0.29, 0.717) is 41.7 Å². The molecule has 34 heavy (non-hydrogen) atoms. The van der Waals surface area contributed by atoms with Crippen molar-refractivity contribution in [2.45, 2.75) is 31.0 Å². The van der Waals surface area contributed by atoms with Crippen LogP contribution in [0.3, 0.4) is 0 Å². The number of nitrogens with zero attached hydrogens (tertiary/aromatic N) is 5. The van der Waals surface area contributed by atoms with Crippen LogP contribution >= 0.6 is 22.9 Å². The van der Waals surface area contributed by atoms with E-state index in [4.69, 9.17) is 11.6 Å². The molecule has 1 aromatic heterocycles. The molecule has 13 heteroatoms. The van der Waals surface area contributed by atoms with Gasteiger partial charge in [0.1, 0.15) is 0 Å². The molecule has 0 aromatic carbocycles. The van der Waals surface area contributed by atoms with Crippen molar-refractivity contribution in [2.24, 2.45) is 0 Å². The molecule has 0 saturated carbocycles. The van der Waals surface area contributed by atoms with Gasteiger partial charge in [-0.15, -0.1) is 11.3 Å². The number of hydrogen-bond donors (Lipinski definition) is 0. The molecule has 4 fully saturated rings. The fraction of sp³-hybridized carbons (Fsp3) is 0.571. The number of amides is 4. The minimum Gasteiger partial charge on any atom is -0.343 e. The van der Waals surface area contributed by atoms with Crippen molar-refractivity contribution in [1.82, 2.24) is 23.9 Å². The van der Waals surface area contributed by atoms with E-state index in [1.807, 2.05) is 0 Å². The molecule has 4 amide bonds. The zero-order valence-corrected chi connectivity index (χ0v) is 21.3. The summed E-state index contributed by atoms with van der Waals surface area (Å²) in [5, 5.41) is 1.09. The van der Waals surface area contributed by atoms with Crippen molar-refractivity contribution >= 4 is 56.9 Å². The summed E-state index contributed by atoms with van der Waals surface area (Å²) >= 11 is 7.19. The summed E-state index contributed by atoms with van der Waals surface area (Å²) in [4.78, 5) is 46.0. The summed E-state index contributed by atoms with van der Waals surface area (Å²) in [5.74, 6) is -0.335. The zero-order chi connectivity index (χ0) is 24.5. The van der Waals surface area contributed by atoms with Crippen LogP contribution in [0.15, 0.2) is 17.5 Å². The first-order valence-electron chi connectivity index (χ1n) is 11.0. The van der Waals surface area contributed by atoms with Crippen LogP contribution in [0.2, 0.25) is 4.34 Å². The second kappa shape index (κ2) is 7.94. The molecule has 10 nitrogen and oxygen atoms in total.